The average molecular weight is 522 g/mol. The first-order chi connectivity index (χ1) is 18.8. The van der Waals surface area contributed by atoms with Crippen LogP contribution < -0.4 is 0 Å². The second-order valence-corrected chi connectivity index (χ2v) is 11.9. The maximum absolute atomic E-state index is 4.67. The van der Waals surface area contributed by atoms with Gasteiger partial charge in [0.25, 0.3) is 0 Å². The molecule has 0 bridgehead atoms. The minimum atomic E-state index is 0.498. The van der Waals surface area contributed by atoms with Crippen LogP contribution in [-0.2, 0) is 6.42 Å². The molecule has 1 heterocycles. The summed E-state index contributed by atoms with van der Waals surface area (Å²) in [5, 5.41) is 0. The van der Waals surface area contributed by atoms with Gasteiger partial charge in [0, 0.05) is 0 Å². The molecule has 0 amide bonds. The number of hydrogen-bond donors (Lipinski definition) is 0. The molecule has 2 heteroatoms. The lowest BCUT2D eigenvalue weighted by molar-refractivity contribution is 0.284. The first-order valence-corrected chi connectivity index (χ1v) is 16.8. The summed E-state index contributed by atoms with van der Waals surface area (Å²) in [6.07, 6.45) is 36.8. The predicted octanol–water partition coefficient (Wildman–Crippen LogP) is 11.7. The molecule has 0 fully saturated rings. The standard InChI is InChI=1S/C36H61N2/c1-3-5-7-8-9-10-11-12-13-14-15-16-17-18-19-20-25-28-34(32-33-26-23-21-24-27-33)35(29-22-6-4-2)36-37-30-31-38-36/h21,23-24,26-27,30-31,34-35H,3-20,22,25,28-29,32H2,1-2H3/q+1. The maximum atomic E-state index is 4.67. The fraction of sp³-hybridized carbons (Fsp3) is 0.750. The number of hydrogen-bond acceptors (Lipinski definition) is 2. The zero-order valence-electron chi connectivity index (χ0n) is 25.4. The van der Waals surface area contributed by atoms with Crippen LogP contribution in [0.1, 0.15) is 161 Å². The summed E-state index contributed by atoms with van der Waals surface area (Å²) in [6.45, 7) is 4.60. The van der Waals surface area contributed by atoms with Gasteiger partial charge in [0.2, 0.25) is 6.17 Å². The van der Waals surface area contributed by atoms with E-state index in [0.717, 1.165) is 12.6 Å². The van der Waals surface area contributed by atoms with Crippen LogP contribution in [0, 0.1) is 18.0 Å². The van der Waals surface area contributed by atoms with Crippen molar-refractivity contribution in [3.05, 3.63) is 42.1 Å². The summed E-state index contributed by atoms with van der Waals surface area (Å²) in [5.74, 6) is 1.14. The Morgan fingerprint density at radius 1 is 0.526 bits per heavy atom. The van der Waals surface area contributed by atoms with Gasteiger partial charge in [-0.3, -0.25) is 0 Å². The molecule has 1 aliphatic heterocycles. The van der Waals surface area contributed by atoms with E-state index < -0.39 is 0 Å². The fourth-order valence-corrected chi connectivity index (χ4v) is 6.13. The third kappa shape index (κ3) is 15.7. The molecular formula is C36H61N2+. The van der Waals surface area contributed by atoms with Crippen LogP contribution >= 0.6 is 0 Å². The van der Waals surface area contributed by atoms with Crippen molar-refractivity contribution in [2.24, 2.45) is 21.8 Å². The zero-order chi connectivity index (χ0) is 26.9. The number of rotatable bonds is 26. The molecule has 2 atom stereocenters. The quantitative estimate of drug-likeness (QED) is 0.0855. The van der Waals surface area contributed by atoms with E-state index in [9.17, 15) is 0 Å². The maximum Gasteiger partial charge on any atom is 0.244 e. The highest BCUT2D eigenvalue weighted by atomic mass is 15.0. The van der Waals surface area contributed by atoms with Gasteiger partial charge in [-0.2, -0.15) is 0 Å². The van der Waals surface area contributed by atoms with Gasteiger partial charge in [0.1, 0.15) is 0 Å². The zero-order valence-corrected chi connectivity index (χ0v) is 25.4. The summed E-state index contributed by atoms with van der Waals surface area (Å²) >= 11 is 0. The van der Waals surface area contributed by atoms with E-state index in [1.165, 1.54) is 147 Å². The molecule has 1 aliphatic rings. The van der Waals surface area contributed by atoms with Gasteiger partial charge < -0.3 is 0 Å². The molecular weight excluding hydrogens is 460 g/mol. The number of aliphatic imine (C=N–C) groups is 2. The molecule has 2 nitrogen and oxygen atoms in total. The van der Waals surface area contributed by atoms with Crippen LogP contribution in [0.15, 0.2) is 40.3 Å². The van der Waals surface area contributed by atoms with E-state index >= 15 is 0 Å². The topological polar surface area (TPSA) is 24.7 Å². The molecule has 0 spiro atoms. The Hall–Kier alpha value is -1.57. The van der Waals surface area contributed by atoms with Crippen LogP contribution in [0.5, 0.6) is 0 Å². The smallest absolute Gasteiger partial charge is 0.0965 e. The summed E-state index contributed by atoms with van der Waals surface area (Å²) in [4.78, 5) is 9.35. The second-order valence-electron chi connectivity index (χ2n) is 11.9. The highest BCUT2D eigenvalue weighted by Crippen LogP contribution is 2.36. The Morgan fingerprint density at radius 2 is 0.947 bits per heavy atom. The highest BCUT2D eigenvalue weighted by molar-refractivity contribution is 6.18. The highest BCUT2D eigenvalue weighted by Gasteiger charge is 2.35. The summed E-state index contributed by atoms with van der Waals surface area (Å²) in [6, 6.07) is 11.1. The SMILES string of the molecule is CCCCCCCCCCCCCCCCCCCC(Cc1ccccc1)C(CCCCC)[C+]1N=CC=N1. The molecule has 38 heavy (non-hydrogen) atoms. The van der Waals surface area contributed by atoms with Crippen LogP contribution in [0.3, 0.4) is 0 Å². The van der Waals surface area contributed by atoms with E-state index in [1.54, 1.807) is 0 Å². The van der Waals surface area contributed by atoms with Crippen molar-refractivity contribution in [1.29, 1.82) is 0 Å². The Balaban J connectivity index is 1.58. The van der Waals surface area contributed by atoms with Crippen molar-refractivity contribution in [3.8, 4) is 0 Å². The van der Waals surface area contributed by atoms with Gasteiger partial charge in [0.05, 0.1) is 5.92 Å². The van der Waals surface area contributed by atoms with E-state index in [4.69, 9.17) is 0 Å². The van der Waals surface area contributed by atoms with Crippen LogP contribution in [0.2, 0.25) is 0 Å². The fourth-order valence-electron chi connectivity index (χ4n) is 6.13. The molecule has 1 aromatic rings. The van der Waals surface area contributed by atoms with Gasteiger partial charge >= 0.3 is 0 Å². The van der Waals surface area contributed by atoms with Crippen molar-refractivity contribution in [2.45, 2.75) is 162 Å². The normalized spacial score (nSPS) is 14.4. The lowest BCUT2D eigenvalue weighted by atomic mass is 9.78. The number of benzene rings is 1. The van der Waals surface area contributed by atoms with E-state index in [0.29, 0.717) is 11.8 Å². The average Bonchev–Trinajstić information content (AvgIpc) is 3.48. The Bertz CT molecular complexity index is 683. The van der Waals surface area contributed by atoms with Gasteiger partial charge in [-0.15, -0.1) is 0 Å². The van der Waals surface area contributed by atoms with Crippen molar-refractivity contribution < 1.29 is 0 Å². The third-order valence-electron chi connectivity index (χ3n) is 8.52. The van der Waals surface area contributed by atoms with Crippen molar-refractivity contribution in [1.82, 2.24) is 0 Å². The lowest BCUT2D eigenvalue weighted by Crippen LogP contribution is -2.22. The van der Waals surface area contributed by atoms with Gasteiger partial charge in [-0.05, 0) is 30.7 Å². The molecule has 0 saturated carbocycles. The van der Waals surface area contributed by atoms with E-state index in [2.05, 4.69) is 54.2 Å². The Morgan fingerprint density at radius 3 is 1.45 bits per heavy atom. The minimum Gasteiger partial charge on any atom is -0.0965 e. The minimum absolute atomic E-state index is 0.498. The van der Waals surface area contributed by atoms with Crippen molar-refractivity contribution >= 4 is 12.4 Å². The van der Waals surface area contributed by atoms with Gasteiger partial charge in [0.15, 0.2) is 12.4 Å². The van der Waals surface area contributed by atoms with Crippen molar-refractivity contribution in [3.63, 3.8) is 0 Å². The second kappa shape index (κ2) is 23.3. The Labute approximate surface area is 237 Å². The Kier molecular flexibility index (Phi) is 20.0. The third-order valence-corrected chi connectivity index (χ3v) is 8.52. The predicted molar refractivity (Wildman–Crippen MR) is 170 cm³/mol. The van der Waals surface area contributed by atoms with E-state index in [1.807, 2.05) is 12.4 Å². The van der Waals surface area contributed by atoms with Crippen LogP contribution in [0.25, 0.3) is 0 Å². The molecule has 0 saturated heterocycles. The summed E-state index contributed by atoms with van der Waals surface area (Å²) in [5.41, 5.74) is 1.47. The largest absolute Gasteiger partial charge is 0.244 e. The monoisotopic (exact) mass is 521 g/mol. The summed E-state index contributed by atoms with van der Waals surface area (Å²) in [7, 11) is 0. The molecule has 214 valence electrons. The molecule has 0 N–H and O–H groups in total. The lowest BCUT2D eigenvalue weighted by Gasteiger charge is -2.26. The first-order valence-electron chi connectivity index (χ1n) is 16.8. The van der Waals surface area contributed by atoms with Gasteiger partial charge in [-0.25, -0.2) is 0 Å². The number of nitrogens with zero attached hydrogens (tertiary/aromatic N) is 2. The van der Waals surface area contributed by atoms with Crippen molar-refractivity contribution in [2.75, 3.05) is 0 Å². The van der Waals surface area contributed by atoms with E-state index in [-0.39, 0.29) is 0 Å². The summed E-state index contributed by atoms with van der Waals surface area (Å²) < 4.78 is 0. The molecule has 2 rings (SSSR count). The molecule has 0 radical (unpaired) electrons. The molecule has 1 aromatic carbocycles. The van der Waals surface area contributed by atoms with Crippen LogP contribution in [0.4, 0.5) is 0 Å². The first kappa shape index (κ1) is 32.6. The van der Waals surface area contributed by atoms with Gasteiger partial charge in [-0.1, -0.05) is 183 Å². The van der Waals surface area contributed by atoms with Crippen LogP contribution in [-0.4, -0.2) is 12.4 Å². The number of unbranched alkanes of at least 4 members (excludes halogenated alkanes) is 18. The molecule has 0 aromatic heterocycles. The molecule has 0 aliphatic carbocycles. The molecule has 2 unspecified atom stereocenters.